The van der Waals surface area contributed by atoms with E-state index in [0.29, 0.717) is 0 Å². The van der Waals surface area contributed by atoms with Crippen molar-refractivity contribution < 1.29 is 9.84 Å². The van der Waals surface area contributed by atoms with Gasteiger partial charge in [0.25, 0.3) is 0 Å². The van der Waals surface area contributed by atoms with Crippen molar-refractivity contribution in [2.75, 3.05) is 6.54 Å². The second-order valence-electron chi connectivity index (χ2n) is 3.83. The van der Waals surface area contributed by atoms with Gasteiger partial charge in [0.2, 0.25) is 0 Å². The molecule has 1 aliphatic heterocycles. The molecule has 0 atom stereocenters. The van der Waals surface area contributed by atoms with Crippen molar-refractivity contribution in [3.05, 3.63) is 41.7 Å². The molecule has 3 nitrogen and oxygen atoms in total. The third-order valence-electron chi connectivity index (χ3n) is 2.84. The van der Waals surface area contributed by atoms with Gasteiger partial charge in [-0.05, 0) is 0 Å². The van der Waals surface area contributed by atoms with Crippen molar-refractivity contribution >= 4 is 0 Å². The molecule has 2 N–H and O–H groups in total. The number of quaternary nitrogens is 1. The Morgan fingerprint density at radius 1 is 1.20 bits per heavy atom. The number of rotatable bonds is 1. The molecule has 0 fully saturated rings. The van der Waals surface area contributed by atoms with Gasteiger partial charge in [0.1, 0.15) is 12.2 Å². The molecule has 0 amide bonds. The van der Waals surface area contributed by atoms with Crippen molar-refractivity contribution in [3.63, 3.8) is 0 Å². The van der Waals surface area contributed by atoms with E-state index < -0.39 is 0 Å². The number of hydrogen-bond donors (Lipinski definition) is 1. The molecular weight excluding hydrogens is 188 g/mol. The van der Waals surface area contributed by atoms with Gasteiger partial charge < -0.3 is 9.84 Å². The second kappa shape index (κ2) is 3.51. The van der Waals surface area contributed by atoms with Crippen molar-refractivity contribution in [2.24, 2.45) is 0 Å². The fourth-order valence-corrected chi connectivity index (χ4v) is 2.05. The van der Waals surface area contributed by atoms with E-state index in [9.17, 15) is 0 Å². The minimum atomic E-state index is 0.989. The molecule has 3 rings (SSSR count). The summed E-state index contributed by atoms with van der Waals surface area (Å²) in [6.45, 7) is 2.10. The van der Waals surface area contributed by atoms with Gasteiger partial charge in [-0.1, -0.05) is 35.5 Å². The molecule has 0 spiro atoms. The maximum atomic E-state index is 5.37. The van der Waals surface area contributed by atoms with Crippen LogP contribution in [0.1, 0.15) is 11.3 Å². The summed E-state index contributed by atoms with van der Waals surface area (Å²) in [5.74, 6) is 1.07. The lowest BCUT2D eigenvalue weighted by Crippen LogP contribution is -2.84. The van der Waals surface area contributed by atoms with Crippen molar-refractivity contribution in [1.82, 2.24) is 5.16 Å². The highest BCUT2D eigenvalue weighted by molar-refractivity contribution is 5.63. The summed E-state index contributed by atoms with van der Waals surface area (Å²) in [5, 5.41) is 6.47. The lowest BCUT2D eigenvalue weighted by Gasteiger charge is -2.08. The van der Waals surface area contributed by atoms with E-state index in [1.807, 2.05) is 18.2 Å². The lowest BCUT2D eigenvalue weighted by atomic mass is 10.0. The lowest BCUT2D eigenvalue weighted by molar-refractivity contribution is -0.673. The third-order valence-corrected chi connectivity index (χ3v) is 2.84. The van der Waals surface area contributed by atoms with E-state index >= 15 is 0 Å². The number of nitrogens with zero attached hydrogens (tertiary/aromatic N) is 1. The number of fused-ring (bicyclic) bond motifs is 1. The number of aromatic nitrogens is 1. The summed E-state index contributed by atoms with van der Waals surface area (Å²) < 4.78 is 5.37. The van der Waals surface area contributed by atoms with Crippen LogP contribution in [0.3, 0.4) is 0 Å². The van der Waals surface area contributed by atoms with Gasteiger partial charge >= 0.3 is 0 Å². The van der Waals surface area contributed by atoms with Crippen LogP contribution in [0.5, 0.6) is 0 Å². The molecule has 1 aromatic heterocycles. The minimum absolute atomic E-state index is 0.989. The molecule has 0 saturated carbocycles. The van der Waals surface area contributed by atoms with Gasteiger partial charge in [0.05, 0.1) is 18.5 Å². The molecule has 2 aromatic rings. The first-order valence-corrected chi connectivity index (χ1v) is 5.29. The predicted molar refractivity (Wildman–Crippen MR) is 56.1 cm³/mol. The number of hydrogen-bond acceptors (Lipinski definition) is 2. The summed E-state index contributed by atoms with van der Waals surface area (Å²) in [4.78, 5) is 0. The van der Waals surface area contributed by atoms with Crippen LogP contribution in [0.15, 0.2) is 34.9 Å². The smallest absolute Gasteiger partial charge is 0.151 e. The van der Waals surface area contributed by atoms with Crippen molar-refractivity contribution in [3.8, 4) is 11.3 Å². The van der Waals surface area contributed by atoms with Crippen molar-refractivity contribution in [2.45, 2.75) is 13.0 Å². The van der Waals surface area contributed by atoms with E-state index in [1.165, 1.54) is 5.56 Å². The zero-order valence-corrected chi connectivity index (χ0v) is 8.44. The topological polar surface area (TPSA) is 42.6 Å². The molecule has 2 heterocycles. The highest BCUT2D eigenvalue weighted by Crippen LogP contribution is 2.25. The molecule has 0 aliphatic carbocycles. The Morgan fingerprint density at radius 3 is 2.93 bits per heavy atom. The monoisotopic (exact) mass is 201 g/mol. The quantitative estimate of drug-likeness (QED) is 0.746. The van der Waals surface area contributed by atoms with E-state index in [4.69, 9.17) is 4.52 Å². The molecule has 1 aliphatic rings. The van der Waals surface area contributed by atoms with Gasteiger partial charge in [-0.2, -0.15) is 0 Å². The van der Waals surface area contributed by atoms with Gasteiger partial charge in [0, 0.05) is 5.56 Å². The fourth-order valence-electron chi connectivity index (χ4n) is 2.05. The van der Waals surface area contributed by atoms with E-state index in [-0.39, 0.29) is 0 Å². The summed E-state index contributed by atoms with van der Waals surface area (Å²) in [6.07, 6.45) is 0.995. The van der Waals surface area contributed by atoms with E-state index in [0.717, 1.165) is 36.5 Å². The normalized spacial score (nSPS) is 14.9. The van der Waals surface area contributed by atoms with Gasteiger partial charge in [0.15, 0.2) is 5.76 Å². The molecule has 3 heteroatoms. The van der Waals surface area contributed by atoms with Crippen LogP contribution >= 0.6 is 0 Å². The van der Waals surface area contributed by atoms with E-state index in [1.54, 1.807) is 0 Å². The third kappa shape index (κ3) is 1.45. The van der Waals surface area contributed by atoms with Crippen molar-refractivity contribution in [1.29, 1.82) is 0 Å². The van der Waals surface area contributed by atoms with Gasteiger partial charge in [-0.3, -0.25) is 0 Å². The highest BCUT2D eigenvalue weighted by Gasteiger charge is 2.21. The molecule has 0 unspecified atom stereocenters. The summed E-state index contributed by atoms with van der Waals surface area (Å²) >= 11 is 0. The predicted octanol–water partition coefficient (Wildman–Crippen LogP) is 0.961. The van der Waals surface area contributed by atoms with Crippen LogP contribution in [0.2, 0.25) is 0 Å². The second-order valence-corrected chi connectivity index (χ2v) is 3.83. The molecule has 15 heavy (non-hydrogen) atoms. The Balaban J connectivity index is 2.09. The van der Waals surface area contributed by atoms with E-state index in [2.05, 4.69) is 22.6 Å². The SMILES string of the molecule is c1ccc(-c2noc3c2C[NH2+]CC3)cc1. The molecular formula is C12H13N2O+. The first kappa shape index (κ1) is 8.68. The average molecular weight is 201 g/mol. The highest BCUT2D eigenvalue weighted by atomic mass is 16.5. The number of benzene rings is 1. The van der Waals surface area contributed by atoms with Crippen LogP contribution in [-0.2, 0) is 13.0 Å². The summed E-state index contributed by atoms with van der Waals surface area (Å²) in [5.41, 5.74) is 3.44. The zero-order valence-electron chi connectivity index (χ0n) is 8.44. The molecule has 0 bridgehead atoms. The van der Waals surface area contributed by atoms with Crippen LogP contribution in [0.25, 0.3) is 11.3 Å². The molecule has 0 saturated heterocycles. The van der Waals surface area contributed by atoms with Gasteiger partial charge in [-0.15, -0.1) is 0 Å². The Morgan fingerprint density at radius 2 is 2.07 bits per heavy atom. The van der Waals surface area contributed by atoms with Gasteiger partial charge in [-0.25, -0.2) is 0 Å². The number of nitrogens with two attached hydrogens (primary N) is 1. The Hall–Kier alpha value is -1.61. The average Bonchev–Trinajstić information content (AvgIpc) is 2.74. The standard InChI is InChI=1S/C12H12N2O/c1-2-4-9(5-3-1)12-10-8-13-7-6-11(10)15-14-12/h1-5,13H,6-8H2/p+1. The largest absolute Gasteiger partial charge is 0.360 e. The maximum Gasteiger partial charge on any atom is 0.151 e. The zero-order chi connectivity index (χ0) is 10.1. The van der Waals surface area contributed by atoms with Crippen LogP contribution in [-0.4, -0.2) is 11.7 Å². The van der Waals surface area contributed by atoms with Crippen LogP contribution in [0, 0.1) is 0 Å². The molecule has 76 valence electrons. The Labute approximate surface area is 88.1 Å². The first-order chi connectivity index (χ1) is 7.45. The van der Waals surface area contributed by atoms with Crippen LogP contribution < -0.4 is 5.32 Å². The summed E-state index contributed by atoms with van der Waals surface area (Å²) in [6, 6.07) is 10.2. The minimum Gasteiger partial charge on any atom is -0.360 e. The Kier molecular flexibility index (Phi) is 2.03. The fraction of sp³-hybridized carbons (Fsp3) is 0.250. The molecule has 1 aromatic carbocycles. The maximum absolute atomic E-state index is 5.37. The summed E-state index contributed by atoms with van der Waals surface area (Å²) in [7, 11) is 0. The molecule has 0 radical (unpaired) electrons. The Bertz CT molecular complexity index is 462. The van der Waals surface area contributed by atoms with Crippen LogP contribution in [0.4, 0.5) is 0 Å². The first-order valence-electron chi connectivity index (χ1n) is 5.29.